The standard InChI is InChI=1S/C21H20FN5O/c1-12-17(18(23)28)20(26-19(25-12)13-5-4-8-24-10-13)27-11-21(2,3)15-9-14(22)6-7-16(15)27/h4-10H,11H2,1-3H3,(H2,23,28). The molecule has 1 amide bonds. The van der Waals surface area contributed by atoms with E-state index in [2.05, 4.69) is 15.0 Å². The number of hydrogen-bond acceptors (Lipinski definition) is 5. The van der Waals surface area contributed by atoms with Crippen molar-refractivity contribution in [2.45, 2.75) is 26.2 Å². The molecule has 0 aliphatic carbocycles. The second kappa shape index (κ2) is 6.37. The van der Waals surface area contributed by atoms with Crippen molar-refractivity contribution in [2.75, 3.05) is 11.4 Å². The van der Waals surface area contributed by atoms with E-state index in [1.807, 2.05) is 24.8 Å². The fourth-order valence-electron chi connectivity index (χ4n) is 3.71. The van der Waals surface area contributed by atoms with E-state index in [4.69, 9.17) is 5.73 Å². The van der Waals surface area contributed by atoms with E-state index in [1.54, 1.807) is 31.5 Å². The normalized spacial score (nSPS) is 14.8. The van der Waals surface area contributed by atoms with Crippen LogP contribution < -0.4 is 10.6 Å². The fourth-order valence-corrected chi connectivity index (χ4v) is 3.71. The van der Waals surface area contributed by atoms with Crippen molar-refractivity contribution in [1.82, 2.24) is 15.0 Å². The molecule has 1 aliphatic rings. The number of aryl methyl sites for hydroxylation is 1. The molecule has 142 valence electrons. The second-order valence-electron chi connectivity index (χ2n) is 7.57. The van der Waals surface area contributed by atoms with Crippen LogP contribution in [0.25, 0.3) is 11.4 Å². The first-order valence-electron chi connectivity index (χ1n) is 8.94. The summed E-state index contributed by atoms with van der Waals surface area (Å²) >= 11 is 0. The maximum atomic E-state index is 13.9. The molecule has 0 atom stereocenters. The lowest BCUT2D eigenvalue weighted by atomic mass is 9.87. The minimum absolute atomic E-state index is 0.264. The van der Waals surface area contributed by atoms with Crippen LogP contribution in [0, 0.1) is 12.7 Å². The number of carbonyl (C=O) groups is 1. The van der Waals surface area contributed by atoms with Crippen molar-refractivity contribution < 1.29 is 9.18 Å². The van der Waals surface area contributed by atoms with E-state index in [0.717, 1.165) is 16.8 Å². The minimum Gasteiger partial charge on any atom is -0.365 e. The molecule has 7 heteroatoms. The molecule has 1 aliphatic heterocycles. The first kappa shape index (κ1) is 18.0. The van der Waals surface area contributed by atoms with Crippen molar-refractivity contribution in [1.29, 1.82) is 0 Å². The van der Waals surface area contributed by atoms with E-state index in [1.165, 1.54) is 12.1 Å². The van der Waals surface area contributed by atoms with E-state index in [-0.39, 0.29) is 16.8 Å². The van der Waals surface area contributed by atoms with Crippen molar-refractivity contribution in [3.63, 3.8) is 0 Å². The zero-order valence-electron chi connectivity index (χ0n) is 15.9. The number of hydrogen-bond donors (Lipinski definition) is 1. The molecule has 0 saturated carbocycles. The van der Waals surface area contributed by atoms with E-state index >= 15 is 0 Å². The zero-order chi connectivity index (χ0) is 20.1. The van der Waals surface area contributed by atoms with Crippen LogP contribution in [-0.4, -0.2) is 27.4 Å². The molecular weight excluding hydrogens is 357 g/mol. The van der Waals surface area contributed by atoms with Crippen LogP contribution in [-0.2, 0) is 5.41 Å². The summed E-state index contributed by atoms with van der Waals surface area (Å²) in [5, 5.41) is 0. The number of carbonyl (C=O) groups excluding carboxylic acids is 1. The highest BCUT2D eigenvalue weighted by Crippen LogP contribution is 2.45. The highest BCUT2D eigenvalue weighted by molar-refractivity contribution is 6.00. The Hall–Kier alpha value is -3.35. The summed E-state index contributed by atoms with van der Waals surface area (Å²) in [6.07, 6.45) is 3.34. The zero-order valence-corrected chi connectivity index (χ0v) is 15.9. The number of nitrogens with zero attached hydrogens (tertiary/aromatic N) is 4. The Bertz CT molecular complexity index is 1080. The smallest absolute Gasteiger partial charge is 0.254 e. The molecule has 4 rings (SSSR count). The maximum absolute atomic E-state index is 13.9. The van der Waals surface area contributed by atoms with Gasteiger partial charge in [0.1, 0.15) is 17.2 Å². The van der Waals surface area contributed by atoms with Crippen LogP contribution in [0.15, 0.2) is 42.7 Å². The van der Waals surface area contributed by atoms with Crippen LogP contribution in [0.5, 0.6) is 0 Å². The number of nitrogens with two attached hydrogens (primary N) is 1. The highest BCUT2D eigenvalue weighted by atomic mass is 19.1. The Balaban J connectivity index is 1.95. The number of fused-ring (bicyclic) bond motifs is 1. The Morgan fingerprint density at radius 1 is 1.25 bits per heavy atom. The van der Waals surface area contributed by atoms with Gasteiger partial charge in [-0.05, 0) is 42.8 Å². The summed E-state index contributed by atoms with van der Waals surface area (Å²) in [6.45, 7) is 6.34. The predicted octanol–water partition coefficient (Wildman–Crippen LogP) is 3.51. The van der Waals surface area contributed by atoms with Gasteiger partial charge in [0.05, 0.1) is 5.69 Å². The fraction of sp³-hybridized carbons (Fsp3) is 0.238. The van der Waals surface area contributed by atoms with Gasteiger partial charge in [-0.1, -0.05) is 13.8 Å². The Morgan fingerprint density at radius 2 is 2.04 bits per heavy atom. The van der Waals surface area contributed by atoms with Crippen LogP contribution >= 0.6 is 0 Å². The van der Waals surface area contributed by atoms with Gasteiger partial charge < -0.3 is 10.6 Å². The monoisotopic (exact) mass is 377 g/mol. The molecule has 3 aromatic rings. The average Bonchev–Trinajstić information content (AvgIpc) is 2.92. The molecule has 6 nitrogen and oxygen atoms in total. The lowest BCUT2D eigenvalue weighted by molar-refractivity contribution is 0.0999. The molecule has 28 heavy (non-hydrogen) atoms. The van der Waals surface area contributed by atoms with E-state index in [0.29, 0.717) is 23.9 Å². The number of anilines is 2. The molecular formula is C21H20FN5O. The molecule has 0 spiro atoms. The molecule has 2 aromatic heterocycles. The minimum atomic E-state index is -0.599. The van der Waals surface area contributed by atoms with Gasteiger partial charge in [0, 0.05) is 35.6 Å². The number of pyridine rings is 1. The van der Waals surface area contributed by atoms with Gasteiger partial charge in [-0.25, -0.2) is 14.4 Å². The number of primary amides is 1. The van der Waals surface area contributed by atoms with Gasteiger partial charge in [0.25, 0.3) is 5.91 Å². The van der Waals surface area contributed by atoms with Crippen LogP contribution in [0.3, 0.4) is 0 Å². The molecule has 0 bridgehead atoms. The lowest BCUT2D eigenvalue weighted by Gasteiger charge is -2.24. The van der Waals surface area contributed by atoms with Gasteiger partial charge in [0.2, 0.25) is 0 Å². The maximum Gasteiger partial charge on any atom is 0.254 e. The lowest BCUT2D eigenvalue weighted by Crippen LogP contribution is -2.28. The molecule has 0 radical (unpaired) electrons. The van der Waals surface area contributed by atoms with Crippen LogP contribution in [0.4, 0.5) is 15.9 Å². The van der Waals surface area contributed by atoms with E-state index in [9.17, 15) is 9.18 Å². The topological polar surface area (TPSA) is 85.0 Å². The highest BCUT2D eigenvalue weighted by Gasteiger charge is 2.38. The third-order valence-corrected chi connectivity index (χ3v) is 5.02. The molecule has 2 N–H and O–H groups in total. The summed E-state index contributed by atoms with van der Waals surface area (Å²) in [4.78, 5) is 27.4. The van der Waals surface area contributed by atoms with Gasteiger partial charge in [-0.3, -0.25) is 9.78 Å². The number of halogens is 1. The third kappa shape index (κ3) is 2.89. The third-order valence-electron chi connectivity index (χ3n) is 5.02. The van der Waals surface area contributed by atoms with Crippen LogP contribution in [0.2, 0.25) is 0 Å². The summed E-state index contributed by atoms with van der Waals surface area (Å²) in [5.41, 5.74) is 8.51. The molecule has 0 fully saturated rings. The Kier molecular flexibility index (Phi) is 4.10. The van der Waals surface area contributed by atoms with Gasteiger partial charge in [-0.15, -0.1) is 0 Å². The quantitative estimate of drug-likeness (QED) is 0.755. The Morgan fingerprint density at radius 3 is 2.71 bits per heavy atom. The molecule has 3 heterocycles. The Labute approximate surface area is 162 Å². The summed E-state index contributed by atoms with van der Waals surface area (Å²) in [7, 11) is 0. The van der Waals surface area contributed by atoms with Gasteiger partial charge in [0.15, 0.2) is 5.82 Å². The van der Waals surface area contributed by atoms with Crippen molar-refractivity contribution >= 4 is 17.4 Å². The SMILES string of the molecule is Cc1nc(-c2cccnc2)nc(N2CC(C)(C)c3cc(F)ccc32)c1C(N)=O. The number of amides is 1. The first-order valence-corrected chi connectivity index (χ1v) is 8.94. The molecule has 0 saturated heterocycles. The number of aromatic nitrogens is 3. The largest absolute Gasteiger partial charge is 0.365 e. The van der Waals surface area contributed by atoms with Crippen LogP contribution in [0.1, 0.15) is 35.5 Å². The molecule has 1 aromatic carbocycles. The summed E-state index contributed by atoms with van der Waals surface area (Å²) in [6, 6.07) is 8.31. The van der Waals surface area contributed by atoms with Gasteiger partial charge in [-0.2, -0.15) is 0 Å². The molecule has 0 unspecified atom stereocenters. The average molecular weight is 377 g/mol. The number of rotatable bonds is 3. The second-order valence-corrected chi connectivity index (χ2v) is 7.57. The number of benzene rings is 1. The summed E-state index contributed by atoms with van der Waals surface area (Å²) < 4.78 is 13.9. The van der Waals surface area contributed by atoms with Crippen molar-refractivity contribution in [3.8, 4) is 11.4 Å². The van der Waals surface area contributed by atoms with Crippen molar-refractivity contribution in [3.05, 3.63) is 65.4 Å². The van der Waals surface area contributed by atoms with Gasteiger partial charge >= 0.3 is 0 Å². The summed E-state index contributed by atoms with van der Waals surface area (Å²) in [5.74, 6) is -0.00595. The first-order chi connectivity index (χ1) is 13.3. The van der Waals surface area contributed by atoms with Crippen molar-refractivity contribution in [2.24, 2.45) is 5.73 Å². The van der Waals surface area contributed by atoms with E-state index < -0.39 is 5.91 Å². The predicted molar refractivity (Wildman–Crippen MR) is 105 cm³/mol.